The highest BCUT2D eigenvalue weighted by molar-refractivity contribution is 6.16. The van der Waals surface area contributed by atoms with E-state index in [0.29, 0.717) is 11.4 Å². The Labute approximate surface area is 316 Å². The average molecular weight is 700 g/mol. The van der Waals surface area contributed by atoms with Gasteiger partial charge in [0, 0.05) is 49.2 Å². The first-order valence-electron chi connectivity index (χ1n) is 18.3. The second kappa shape index (κ2) is 11.8. The smallest absolute Gasteiger partial charge is 0.196 e. The van der Waals surface area contributed by atoms with Crippen molar-refractivity contribution in [3.8, 4) is 28.2 Å². The number of hydrogen-bond acceptors (Lipinski definition) is 0. The molecule has 11 rings (SSSR count). The third-order valence-corrected chi connectivity index (χ3v) is 11.1. The van der Waals surface area contributed by atoms with Crippen LogP contribution in [0, 0.1) is 13.1 Å². The Morgan fingerprint density at radius 3 is 1.58 bits per heavy atom. The minimum absolute atomic E-state index is 0.580. The van der Waals surface area contributed by atoms with Crippen molar-refractivity contribution in [2.45, 2.75) is 0 Å². The van der Waals surface area contributed by atoms with Crippen LogP contribution in [0.3, 0.4) is 0 Å². The molecule has 5 nitrogen and oxygen atoms in total. The highest BCUT2D eigenvalue weighted by atomic mass is 15.0. The second-order valence-electron chi connectivity index (χ2n) is 13.9. The molecule has 0 spiro atoms. The van der Waals surface area contributed by atoms with Crippen LogP contribution < -0.4 is 0 Å². The van der Waals surface area contributed by atoms with Crippen molar-refractivity contribution in [2.75, 3.05) is 0 Å². The molecule has 0 aliphatic heterocycles. The van der Waals surface area contributed by atoms with Crippen LogP contribution in [0.5, 0.6) is 0 Å². The second-order valence-corrected chi connectivity index (χ2v) is 13.9. The van der Waals surface area contributed by atoms with E-state index in [9.17, 15) is 0 Å². The van der Waals surface area contributed by atoms with Gasteiger partial charge in [-0.1, -0.05) is 109 Å². The van der Waals surface area contributed by atoms with Gasteiger partial charge in [0.1, 0.15) is 0 Å². The van der Waals surface area contributed by atoms with Crippen LogP contribution in [0.15, 0.2) is 176 Å². The number of fused-ring (bicyclic) bond motifs is 9. The van der Waals surface area contributed by atoms with Crippen molar-refractivity contribution in [3.63, 3.8) is 0 Å². The summed E-state index contributed by atoms with van der Waals surface area (Å²) in [5, 5.41) is 7.02. The van der Waals surface area contributed by atoms with Gasteiger partial charge in [-0.2, -0.15) is 0 Å². The molecule has 3 heterocycles. The molecule has 0 amide bonds. The first kappa shape index (κ1) is 30.7. The molecule has 8 aromatic carbocycles. The van der Waals surface area contributed by atoms with Crippen LogP contribution in [0.25, 0.3) is 103 Å². The van der Waals surface area contributed by atoms with E-state index >= 15 is 0 Å². The highest BCUT2D eigenvalue weighted by Gasteiger charge is 2.20. The molecule has 0 aliphatic carbocycles. The van der Waals surface area contributed by atoms with Gasteiger partial charge >= 0.3 is 0 Å². The van der Waals surface area contributed by atoms with Crippen LogP contribution in [0.1, 0.15) is 0 Å². The van der Waals surface area contributed by atoms with E-state index in [-0.39, 0.29) is 0 Å². The summed E-state index contributed by atoms with van der Waals surface area (Å²) in [5.41, 5.74) is 12.6. The maximum atomic E-state index is 8.40. The first-order chi connectivity index (χ1) is 27.2. The minimum Gasteiger partial charge on any atom is -0.310 e. The Morgan fingerprint density at radius 1 is 0.364 bits per heavy atom. The fourth-order valence-electron chi connectivity index (χ4n) is 8.76. The minimum atomic E-state index is 0.580. The van der Waals surface area contributed by atoms with Crippen molar-refractivity contribution >= 4 is 76.8 Å². The lowest BCUT2D eigenvalue weighted by atomic mass is 10.0. The molecular formula is C50H29N5. The summed E-state index contributed by atoms with van der Waals surface area (Å²) in [4.78, 5) is 7.83. The lowest BCUT2D eigenvalue weighted by Gasteiger charge is -2.14. The Kier molecular flexibility index (Phi) is 6.61. The molecular weight excluding hydrogens is 671 g/mol. The van der Waals surface area contributed by atoms with E-state index in [1.165, 1.54) is 27.2 Å². The molecule has 0 aliphatic rings. The highest BCUT2D eigenvalue weighted by Crippen LogP contribution is 2.42. The van der Waals surface area contributed by atoms with Crippen molar-refractivity contribution in [1.82, 2.24) is 13.7 Å². The van der Waals surface area contributed by atoms with E-state index in [1.807, 2.05) is 30.3 Å². The van der Waals surface area contributed by atoms with E-state index in [0.717, 1.165) is 66.4 Å². The van der Waals surface area contributed by atoms with Gasteiger partial charge in [0.2, 0.25) is 0 Å². The monoisotopic (exact) mass is 699 g/mol. The summed E-state index contributed by atoms with van der Waals surface area (Å²) in [6.45, 7) is 16.1. The Morgan fingerprint density at radius 2 is 0.909 bits per heavy atom. The van der Waals surface area contributed by atoms with Gasteiger partial charge in [0.25, 0.3) is 0 Å². The van der Waals surface area contributed by atoms with Gasteiger partial charge in [-0.3, -0.25) is 0 Å². The quantitative estimate of drug-likeness (QED) is 0.163. The van der Waals surface area contributed by atoms with E-state index in [4.69, 9.17) is 13.1 Å². The van der Waals surface area contributed by atoms with Crippen LogP contribution in [0.2, 0.25) is 0 Å². The van der Waals surface area contributed by atoms with Crippen molar-refractivity contribution in [3.05, 3.63) is 199 Å². The maximum absolute atomic E-state index is 8.40. The lowest BCUT2D eigenvalue weighted by Crippen LogP contribution is -1.97. The molecule has 0 saturated carbocycles. The Balaban J connectivity index is 1.10. The number of nitrogens with zero attached hydrogens (tertiary/aromatic N) is 5. The van der Waals surface area contributed by atoms with Crippen LogP contribution in [-0.2, 0) is 0 Å². The van der Waals surface area contributed by atoms with Crippen LogP contribution in [0.4, 0.5) is 11.4 Å². The predicted molar refractivity (Wildman–Crippen MR) is 227 cm³/mol. The summed E-state index contributed by atoms with van der Waals surface area (Å²) >= 11 is 0. The summed E-state index contributed by atoms with van der Waals surface area (Å²) in [7, 11) is 0. The van der Waals surface area contributed by atoms with Gasteiger partial charge < -0.3 is 13.7 Å². The largest absolute Gasteiger partial charge is 0.310 e. The number of benzene rings is 8. The summed E-state index contributed by atoms with van der Waals surface area (Å²) in [6.07, 6.45) is 0. The molecule has 0 bridgehead atoms. The molecule has 0 N–H and O–H groups in total. The lowest BCUT2D eigenvalue weighted by molar-refractivity contribution is 1.17. The molecule has 254 valence electrons. The van der Waals surface area contributed by atoms with Crippen molar-refractivity contribution in [2.24, 2.45) is 0 Å². The SMILES string of the molecule is [C-]#[N+]c1ccc2c3ccccc3n(-c3cccc(-c4ccc(-n5c6ccccc6c6c(-n7c8ccccc8c8ccccc87)cccc65)cc4[N+]#[C-])c3)c2c1. The zero-order valence-electron chi connectivity index (χ0n) is 29.5. The van der Waals surface area contributed by atoms with Crippen LogP contribution >= 0.6 is 0 Å². The molecule has 0 unspecified atom stereocenters. The van der Waals surface area contributed by atoms with Gasteiger partial charge in [-0.15, -0.1) is 0 Å². The average Bonchev–Trinajstić information content (AvgIpc) is 3.89. The van der Waals surface area contributed by atoms with Crippen molar-refractivity contribution < 1.29 is 0 Å². The zero-order chi connectivity index (χ0) is 36.6. The van der Waals surface area contributed by atoms with E-state index in [2.05, 4.69) is 169 Å². The summed E-state index contributed by atoms with van der Waals surface area (Å²) in [5.74, 6) is 0. The van der Waals surface area contributed by atoms with Gasteiger partial charge in [-0.25, -0.2) is 9.69 Å². The van der Waals surface area contributed by atoms with Gasteiger partial charge in [-0.05, 0) is 77.9 Å². The molecule has 0 radical (unpaired) electrons. The van der Waals surface area contributed by atoms with Crippen LogP contribution in [-0.4, -0.2) is 13.7 Å². The number of aromatic nitrogens is 3. The fourth-order valence-corrected chi connectivity index (χ4v) is 8.76. The zero-order valence-corrected chi connectivity index (χ0v) is 29.5. The number of para-hydroxylation sites is 4. The first-order valence-corrected chi connectivity index (χ1v) is 18.3. The Bertz CT molecular complexity index is 3420. The van der Waals surface area contributed by atoms with Gasteiger partial charge in [0.15, 0.2) is 11.4 Å². The Hall–Kier alpha value is -7.86. The maximum Gasteiger partial charge on any atom is 0.196 e. The van der Waals surface area contributed by atoms with E-state index in [1.54, 1.807) is 0 Å². The number of hydrogen-bond donors (Lipinski definition) is 0. The fraction of sp³-hybridized carbons (Fsp3) is 0. The van der Waals surface area contributed by atoms with E-state index < -0.39 is 0 Å². The molecule has 3 aromatic heterocycles. The summed E-state index contributed by atoms with van der Waals surface area (Å²) < 4.78 is 6.91. The molecule has 5 heteroatoms. The third-order valence-electron chi connectivity index (χ3n) is 11.1. The normalized spacial score (nSPS) is 11.6. The molecule has 11 aromatic rings. The number of rotatable bonds is 4. The topological polar surface area (TPSA) is 23.5 Å². The molecule has 55 heavy (non-hydrogen) atoms. The molecule has 0 saturated heterocycles. The molecule has 0 fully saturated rings. The van der Waals surface area contributed by atoms with Crippen molar-refractivity contribution in [1.29, 1.82) is 0 Å². The standard InChI is InChI=1S/C50H29N5/c1-51-33-25-27-40-39-17-3-7-19-43(39)54(49(40)30-33)34-14-11-13-32(29-34)36-28-26-35(31-42(36)52-2)53-46-22-10-6-18-41(46)50-47(53)23-12-24-48(50)55-44-20-8-4-15-37(44)38-16-5-9-21-45(38)55/h3-31H. The third kappa shape index (κ3) is 4.45. The van der Waals surface area contributed by atoms with Gasteiger partial charge in [0.05, 0.1) is 46.4 Å². The molecule has 0 atom stereocenters. The predicted octanol–water partition coefficient (Wildman–Crippen LogP) is 13.7. The summed E-state index contributed by atoms with van der Waals surface area (Å²) in [6, 6.07) is 61.2.